The van der Waals surface area contributed by atoms with Crippen molar-refractivity contribution in [1.29, 1.82) is 0 Å². The summed E-state index contributed by atoms with van der Waals surface area (Å²) < 4.78 is 6.04. The average molecular weight is 328 g/mol. The lowest BCUT2D eigenvalue weighted by molar-refractivity contribution is 0.412. The highest BCUT2D eigenvalue weighted by atomic mass is 79.9. The summed E-state index contributed by atoms with van der Waals surface area (Å²) in [5, 5.41) is 3.82. The minimum Gasteiger partial charge on any atom is -0.496 e. The Morgan fingerprint density at radius 1 is 1.33 bits per heavy atom. The van der Waals surface area contributed by atoms with E-state index in [0.29, 0.717) is 5.02 Å². The van der Waals surface area contributed by atoms with E-state index in [1.54, 1.807) is 19.4 Å². The summed E-state index contributed by atoms with van der Waals surface area (Å²) in [6.07, 6.45) is 1.60. The maximum Gasteiger partial charge on any atom is 0.144 e. The molecule has 18 heavy (non-hydrogen) atoms. The zero-order valence-electron chi connectivity index (χ0n) is 10.00. The largest absolute Gasteiger partial charge is 0.496 e. The molecule has 1 heterocycles. The second-order valence-corrected chi connectivity index (χ2v) is 5.08. The van der Waals surface area contributed by atoms with Gasteiger partial charge in [0.25, 0.3) is 0 Å². The first kappa shape index (κ1) is 13.2. The van der Waals surface area contributed by atoms with Crippen LogP contribution < -0.4 is 10.1 Å². The number of rotatable bonds is 3. The normalized spacial score (nSPS) is 10.2. The SMILES string of the molecule is COc1ccc(Nc2ncc(Cl)cc2Br)cc1C. The van der Waals surface area contributed by atoms with Gasteiger partial charge in [-0.2, -0.15) is 0 Å². The standard InChI is InChI=1S/C13H12BrClN2O/c1-8-5-10(3-4-12(8)18-2)17-13-11(14)6-9(15)7-16-13/h3-7H,1-2H3,(H,16,17). The number of pyridine rings is 1. The van der Waals surface area contributed by atoms with Crippen LogP contribution in [0.1, 0.15) is 5.56 Å². The molecule has 94 valence electrons. The molecule has 0 atom stereocenters. The molecule has 0 radical (unpaired) electrons. The molecule has 2 aromatic rings. The van der Waals surface area contributed by atoms with Crippen LogP contribution in [0.5, 0.6) is 5.75 Å². The fraction of sp³-hybridized carbons (Fsp3) is 0.154. The minimum absolute atomic E-state index is 0.596. The quantitative estimate of drug-likeness (QED) is 0.897. The molecule has 0 fully saturated rings. The van der Waals surface area contributed by atoms with Crippen molar-refractivity contribution in [2.45, 2.75) is 6.92 Å². The molecule has 0 amide bonds. The Morgan fingerprint density at radius 3 is 2.72 bits per heavy atom. The maximum atomic E-state index is 5.85. The number of nitrogens with zero attached hydrogens (tertiary/aromatic N) is 1. The van der Waals surface area contributed by atoms with E-state index in [-0.39, 0.29) is 0 Å². The predicted molar refractivity (Wildman–Crippen MR) is 78.0 cm³/mol. The van der Waals surface area contributed by atoms with E-state index >= 15 is 0 Å². The van der Waals surface area contributed by atoms with Crippen LogP contribution in [0.25, 0.3) is 0 Å². The van der Waals surface area contributed by atoms with Gasteiger partial charge >= 0.3 is 0 Å². The van der Waals surface area contributed by atoms with E-state index in [9.17, 15) is 0 Å². The fourth-order valence-electron chi connectivity index (χ4n) is 1.60. The van der Waals surface area contributed by atoms with E-state index in [0.717, 1.165) is 27.3 Å². The van der Waals surface area contributed by atoms with Gasteiger partial charge in [0.2, 0.25) is 0 Å². The number of aromatic nitrogens is 1. The second kappa shape index (κ2) is 5.59. The molecule has 0 saturated carbocycles. The molecule has 1 N–H and O–H groups in total. The first-order valence-corrected chi connectivity index (χ1v) is 6.50. The van der Waals surface area contributed by atoms with Gasteiger partial charge in [0.1, 0.15) is 11.6 Å². The van der Waals surface area contributed by atoms with Crippen molar-refractivity contribution in [3.63, 3.8) is 0 Å². The summed E-state index contributed by atoms with van der Waals surface area (Å²) in [4.78, 5) is 4.22. The number of hydrogen-bond donors (Lipinski definition) is 1. The molecule has 3 nitrogen and oxygen atoms in total. The predicted octanol–water partition coefficient (Wildman–Crippen LogP) is 4.56. The van der Waals surface area contributed by atoms with Crippen LogP contribution in [-0.4, -0.2) is 12.1 Å². The van der Waals surface area contributed by atoms with Crippen molar-refractivity contribution in [3.8, 4) is 5.75 Å². The lowest BCUT2D eigenvalue weighted by Gasteiger charge is -2.10. The van der Waals surface area contributed by atoms with Crippen molar-refractivity contribution < 1.29 is 4.74 Å². The number of hydrogen-bond acceptors (Lipinski definition) is 3. The number of anilines is 2. The number of halogens is 2. The van der Waals surface area contributed by atoms with Crippen molar-refractivity contribution in [2.75, 3.05) is 12.4 Å². The minimum atomic E-state index is 0.596. The Bertz CT molecular complexity index is 575. The van der Waals surface area contributed by atoms with Crippen molar-refractivity contribution in [3.05, 3.63) is 45.5 Å². The molecule has 0 aliphatic carbocycles. The zero-order chi connectivity index (χ0) is 13.1. The molecular weight excluding hydrogens is 316 g/mol. The van der Waals surface area contributed by atoms with E-state index in [4.69, 9.17) is 16.3 Å². The third kappa shape index (κ3) is 2.94. The Kier molecular flexibility index (Phi) is 4.09. The van der Waals surface area contributed by atoms with Gasteiger partial charge in [-0.3, -0.25) is 0 Å². The first-order valence-electron chi connectivity index (χ1n) is 5.33. The van der Waals surface area contributed by atoms with Crippen LogP contribution in [0.15, 0.2) is 34.9 Å². The topological polar surface area (TPSA) is 34.1 Å². The lowest BCUT2D eigenvalue weighted by Crippen LogP contribution is -1.96. The molecule has 0 spiro atoms. The molecule has 2 rings (SSSR count). The van der Waals surface area contributed by atoms with Gasteiger partial charge in [0, 0.05) is 11.9 Å². The second-order valence-electron chi connectivity index (χ2n) is 3.79. The number of ether oxygens (including phenoxy) is 1. The van der Waals surface area contributed by atoms with Crippen LogP contribution in [0.3, 0.4) is 0 Å². The average Bonchev–Trinajstić information content (AvgIpc) is 2.33. The summed E-state index contributed by atoms with van der Waals surface area (Å²) in [6.45, 7) is 1.99. The van der Waals surface area contributed by atoms with E-state index < -0.39 is 0 Å². The van der Waals surface area contributed by atoms with Crippen molar-refractivity contribution in [2.24, 2.45) is 0 Å². The number of methoxy groups -OCH3 is 1. The third-order valence-corrected chi connectivity index (χ3v) is 3.28. The van der Waals surface area contributed by atoms with Crippen LogP contribution in [0.4, 0.5) is 11.5 Å². The highest BCUT2D eigenvalue weighted by Crippen LogP contribution is 2.28. The Balaban J connectivity index is 2.26. The van der Waals surface area contributed by atoms with Gasteiger partial charge in [-0.25, -0.2) is 4.98 Å². The number of nitrogens with one attached hydrogen (secondary N) is 1. The van der Waals surface area contributed by atoms with Gasteiger partial charge in [-0.15, -0.1) is 0 Å². The summed E-state index contributed by atoms with van der Waals surface area (Å²) in [7, 11) is 1.66. The Hall–Kier alpha value is -1.26. The first-order chi connectivity index (χ1) is 8.60. The molecule has 0 saturated heterocycles. The van der Waals surface area contributed by atoms with Crippen LogP contribution in [0, 0.1) is 6.92 Å². The smallest absolute Gasteiger partial charge is 0.144 e. The molecule has 1 aromatic heterocycles. The van der Waals surface area contributed by atoms with Gasteiger partial charge in [-0.1, -0.05) is 11.6 Å². The van der Waals surface area contributed by atoms with Gasteiger partial charge in [-0.05, 0) is 52.7 Å². The van der Waals surface area contributed by atoms with Gasteiger partial charge in [0.15, 0.2) is 0 Å². The van der Waals surface area contributed by atoms with Gasteiger partial charge < -0.3 is 10.1 Å². The molecule has 0 aliphatic rings. The van der Waals surface area contributed by atoms with E-state index in [2.05, 4.69) is 26.2 Å². The van der Waals surface area contributed by atoms with Crippen LogP contribution in [-0.2, 0) is 0 Å². The fourth-order valence-corrected chi connectivity index (χ4v) is 2.34. The van der Waals surface area contributed by atoms with Crippen LogP contribution in [0.2, 0.25) is 5.02 Å². The number of benzene rings is 1. The van der Waals surface area contributed by atoms with Gasteiger partial charge in [0.05, 0.1) is 16.6 Å². The summed E-state index contributed by atoms with van der Waals surface area (Å²) in [5.41, 5.74) is 2.01. The molecule has 5 heteroatoms. The summed E-state index contributed by atoms with van der Waals surface area (Å²) in [6, 6.07) is 7.66. The Morgan fingerprint density at radius 2 is 2.11 bits per heavy atom. The highest BCUT2D eigenvalue weighted by molar-refractivity contribution is 9.10. The number of aryl methyl sites for hydroxylation is 1. The molecule has 0 aliphatic heterocycles. The monoisotopic (exact) mass is 326 g/mol. The van der Waals surface area contributed by atoms with Crippen molar-refractivity contribution >= 4 is 39.0 Å². The summed E-state index contributed by atoms with van der Waals surface area (Å²) >= 11 is 9.27. The lowest BCUT2D eigenvalue weighted by atomic mass is 10.2. The summed E-state index contributed by atoms with van der Waals surface area (Å²) in [5.74, 6) is 1.59. The third-order valence-electron chi connectivity index (χ3n) is 2.47. The van der Waals surface area contributed by atoms with E-state index in [1.807, 2.05) is 25.1 Å². The zero-order valence-corrected chi connectivity index (χ0v) is 12.3. The Labute approximate surface area is 119 Å². The molecular formula is C13H12BrClN2O. The maximum absolute atomic E-state index is 5.85. The molecule has 0 bridgehead atoms. The highest BCUT2D eigenvalue weighted by Gasteiger charge is 2.04. The van der Waals surface area contributed by atoms with Crippen molar-refractivity contribution in [1.82, 2.24) is 4.98 Å². The molecule has 0 unspecified atom stereocenters. The van der Waals surface area contributed by atoms with E-state index in [1.165, 1.54) is 0 Å². The van der Waals surface area contributed by atoms with Crippen LogP contribution >= 0.6 is 27.5 Å². The molecule has 1 aromatic carbocycles.